The maximum absolute atomic E-state index is 14.2. The summed E-state index contributed by atoms with van der Waals surface area (Å²) in [6, 6.07) is 18.9. The molecule has 2 fully saturated rings. The van der Waals surface area contributed by atoms with E-state index >= 15 is 0 Å². The number of hydrogen-bond acceptors (Lipinski definition) is 9. The van der Waals surface area contributed by atoms with Crippen LogP contribution in [-0.4, -0.2) is 82.6 Å². The zero-order chi connectivity index (χ0) is 37.3. The average Bonchev–Trinajstić information content (AvgIpc) is 3.56. The van der Waals surface area contributed by atoms with Crippen LogP contribution >= 0.6 is 0 Å². The van der Waals surface area contributed by atoms with E-state index in [4.69, 9.17) is 10.5 Å². The topological polar surface area (TPSA) is 162 Å². The van der Waals surface area contributed by atoms with Crippen molar-refractivity contribution in [2.24, 2.45) is 13.0 Å². The van der Waals surface area contributed by atoms with Gasteiger partial charge in [0, 0.05) is 62.5 Å². The predicted molar refractivity (Wildman–Crippen MR) is 195 cm³/mol. The fourth-order valence-corrected chi connectivity index (χ4v) is 7.26. The van der Waals surface area contributed by atoms with Crippen molar-refractivity contribution in [2.75, 3.05) is 31.9 Å². The first kappa shape index (κ1) is 35.5. The lowest BCUT2D eigenvalue weighted by molar-refractivity contribution is -0.142. The van der Waals surface area contributed by atoms with Crippen LogP contribution in [0.5, 0.6) is 11.6 Å². The highest BCUT2D eigenvalue weighted by Gasteiger charge is 2.42. The molecule has 2 saturated heterocycles. The Hall–Kier alpha value is -5.89. The van der Waals surface area contributed by atoms with Gasteiger partial charge in [0.25, 0.3) is 11.5 Å². The lowest BCUT2D eigenvalue weighted by atomic mass is 9.79. The van der Waals surface area contributed by atoms with Gasteiger partial charge in [0.15, 0.2) is 5.69 Å². The van der Waals surface area contributed by atoms with Gasteiger partial charge in [-0.15, -0.1) is 0 Å². The number of amides is 2. The van der Waals surface area contributed by atoms with Crippen LogP contribution in [0.15, 0.2) is 90.2 Å². The molecule has 0 aliphatic carbocycles. The number of imidazole rings is 1. The largest absolute Gasteiger partial charge is 0.437 e. The predicted octanol–water partition coefficient (Wildman–Crippen LogP) is 4.16. The number of nitrogens with two attached hydrogens (primary N) is 1. The highest BCUT2D eigenvalue weighted by atomic mass is 19.1. The van der Waals surface area contributed by atoms with E-state index in [0.29, 0.717) is 44.1 Å². The molecule has 2 aromatic carbocycles. The van der Waals surface area contributed by atoms with Gasteiger partial charge in [0.05, 0.1) is 18.3 Å². The third-order valence-corrected chi connectivity index (χ3v) is 10.4. The number of anilines is 1. The van der Waals surface area contributed by atoms with E-state index < -0.39 is 17.0 Å². The highest BCUT2D eigenvalue weighted by Crippen LogP contribution is 2.36. The first-order chi connectivity index (χ1) is 25.5. The summed E-state index contributed by atoms with van der Waals surface area (Å²) >= 11 is 0. The minimum absolute atomic E-state index is 0.0203. The standard InChI is InChI=1S/C39H41FN8O5/c1-25-8-9-27(20-42-25)34-43-21-32(45(34)2)37(50)47-17-14-30(31(22-47)26-6-4-3-5-7-26)36(49)46-18-15-39(52,16-19-46)23-48-24-44-35(33(41)38(48)51)53-29-12-10-28(40)11-13-29/h3-13,20-21,24,30-31,52H,14-19,22-23,41H2,1-2H3/t30-,31+/m1/s1. The number of rotatable bonds is 8. The van der Waals surface area contributed by atoms with Crippen LogP contribution in [0, 0.1) is 18.7 Å². The summed E-state index contributed by atoms with van der Waals surface area (Å²) in [5, 5.41) is 11.5. The van der Waals surface area contributed by atoms with Crippen LogP contribution in [0.3, 0.4) is 0 Å². The molecule has 5 aromatic rings. The summed E-state index contributed by atoms with van der Waals surface area (Å²) in [5.41, 5.74) is 7.10. The van der Waals surface area contributed by atoms with E-state index in [0.717, 1.165) is 16.8 Å². The number of likely N-dealkylation sites (tertiary alicyclic amines) is 2. The van der Waals surface area contributed by atoms with Gasteiger partial charge in [-0.1, -0.05) is 30.3 Å². The number of aryl methyl sites for hydroxylation is 1. The Labute approximate surface area is 305 Å². The Bertz CT molecular complexity index is 2160. The van der Waals surface area contributed by atoms with Gasteiger partial charge in [-0.05, 0) is 68.1 Å². The van der Waals surface area contributed by atoms with Gasteiger partial charge < -0.3 is 29.9 Å². The Morgan fingerprint density at radius 3 is 2.40 bits per heavy atom. The molecule has 14 heteroatoms. The second kappa shape index (κ2) is 14.6. The van der Waals surface area contributed by atoms with Crippen LogP contribution in [-0.2, 0) is 18.4 Å². The molecule has 13 nitrogen and oxygen atoms in total. The van der Waals surface area contributed by atoms with Crippen molar-refractivity contribution >= 4 is 17.5 Å². The molecule has 0 radical (unpaired) electrons. The maximum Gasteiger partial charge on any atom is 0.280 e. The number of halogens is 1. The summed E-state index contributed by atoms with van der Waals surface area (Å²) < 4.78 is 21.9. The van der Waals surface area contributed by atoms with Gasteiger partial charge in [-0.2, -0.15) is 0 Å². The Morgan fingerprint density at radius 2 is 1.70 bits per heavy atom. The van der Waals surface area contributed by atoms with E-state index in [9.17, 15) is 23.9 Å². The minimum atomic E-state index is -1.28. The molecule has 7 rings (SSSR count). The third-order valence-electron chi connectivity index (χ3n) is 10.4. The van der Waals surface area contributed by atoms with Crippen molar-refractivity contribution < 1.29 is 23.8 Å². The average molecular weight is 721 g/mol. The van der Waals surface area contributed by atoms with Gasteiger partial charge in [0.2, 0.25) is 11.8 Å². The number of nitrogens with zero attached hydrogens (tertiary/aromatic N) is 7. The van der Waals surface area contributed by atoms with Crippen molar-refractivity contribution in [3.05, 3.63) is 119 Å². The van der Waals surface area contributed by atoms with Crippen LogP contribution in [0.2, 0.25) is 0 Å². The van der Waals surface area contributed by atoms with Crippen LogP contribution in [0.4, 0.5) is 10.1 Å². The van der Waals surface area contributed by atoms with Gasteiger partial charge in [-0.3, -0.25) is 23.9 Å². The van der Waals surface area contributed by atoms with Crippen molar-refractivity contribution in [3.63, 3.8) is 0 Å². The molecule has 3 aromatic heterocycles. The third kappa shape index (κ3) is 7.40. The maximum atomic E-state index is 14.2. The molecular weight excluding hydrogens is 679 g/mol. The second-order valence-electron chi connectivity index (χ2n) is 13.9. The molecule has 2 amide bonds. The Kier molecular flexibility index (Phi) is 9.80. The summed E-state index contributed by atoms with van der Waals surface area (Å²) in [7, 11) is 1.82. The van der Waals surface area contributed by atoms with Gasteiger partial charge in [-0.25, -0.2) is 14.4 Å². The van der Waals surface area contributed by atoms with Crippen molar-refractivity contribution in [1.29, 1.82) is 0 Å². The molecule has 274 valence electrons. The number of carbonyl (C=O) groups excluding carboxylic acids is 2. The number of aromatic nitrogens is 5. The number of carbonyl (C=O) groups is 2. The molecule has 2 atom stereocenters. The molecule has 5 heterocycles. The smallest absolute Gasteiger partial charge is 0.280 e. The van der Waals surface area contributed by atoms with E-state index in [-0.39, 0.29) is 60.4 Å². The molecule has 0 saturated carbocycles. The molecule has 0 unspecified atom stereocenters. The normalized spacial score (nSPS) is 18.5. The quantitative estimate of drug-likeness (QED) is 0.240. The zero-order valence-electron chi connectivity index (χ0n) is 29.6. The van der Waals surface area contributed by atoms with E-state index in [1.54, 1.807) is 26.8 Å². The summed E-state index contributed by atoms with van der Waals surface area (Å²) in [4.78, 5) is 57.9. The second-order valence-corrected chi connectivity index (χ2v) is 13.9. The number of pyridine rings is 1. The summed E-state index contributed by atoms with van der Waals surface area (Å²) in [5.74, 6) is -0.411. The number of piperidine rings is 2. The number of nitrogen functional groups attached to an aromatic ring is 1. The van der Waals surface area contributed by atoms with Crippen LogP contribution < -0.4 is 16.0 Å². The van der Waals surface area contributed by atoms with Gasteiger partial charge >= 0.3 is 0 Å². The summed E-state index contributed by atoms with van der Waals surface area (Å²) in [6.45, 7) is 3.21. The number of aliphatic hydroxyl groups is 1. The molecule has 0 bridgehead atoms. The van der Waals surface area contributed by atoms with Gasteiger partial charge in [0.1, 0.15) is 29.4 Å². The van der Waals surface area contributed by atoms with E-state index in [2.05, 4.69) is 15.0 Å². The number of hydrogen-bond donors (Lipinski definition) is 2. The first-order valence-electron chi connectivity index (χ1n) is 17.6. The van der Waals surface area contributed by atoms with Crippen LogP contribution in [0.25, 0.3) is 11.4 Å². The zero-order valence-corrected chi connectivity index (χ0v) is 29.6. The van der Waals surface area contributed by atoms with E-state index in [1.807, 2.05) is 56.4 Å². The minimum Gasteiger partial charge on any atom is -0.437 e. The Balaban J connectivity index is 1.02. The molecule has 2 aliphatic heterocycles. The monoisotopic (exact) mass is 720 g/mol. The fraction of sp³-hybridized carbons (Fsp3) is 0.333. The SMILES string of the molecule is Cc1ccc(-c2ncc(C(=O)N3CC[C@@H](C(=O)N4CCC(O)(Cn5cnc(Oc6ccc(F)cc6)c(N)c5=O)CC4)[C@H](c4ccccc4)C3)n2C)cn1. The van der Waals surface area contributed by atoms with Crippen molar-refractivity contribution in [3.8, 4) is 23.0 Å². The fourth-order valence-electron chi connectivity index (χ4n) is 7.26. The Morgan fingerprint density at radius 1 is 0.962 bits per heavy atom. The van der Waals surface area contributed by atoms with Crippen molar-refractivity contribution in [1.82, 2.24) is 33.9 Å². The highest BCUT2D eigenvalue weighted by molar-refractivity contribution is 5.93. The number of ether oxygens (including phenoxy) is 1. The lowest BCUT2D eigenvalue weighted by Gasteiger charge is -2.43. The lowest BCUT2D eigenvalue weighted by Crippen LogP contribution is -2.53. The van der Waals surface area contributed by atoms with Crippen LogP contribution in [0.1, 0.15) is 46.9 Å². The van der Waals surface area contributed by atoms with Crippen molar-refractivity contribution in [2.45, 2.75) is 44.2 Å². The molecule has 3 N–H and O–H groups in total. The van der Waals surface area contributed by atoms with E-state index in [1.165, 1.54) is 35.2 Å². The molecule has 2 aliphatic rings. The first-order valence-corrected chi connectivity index (χ1v) is 17.6. The molecular formula is C39H41FN8O5. The summed E-state index contributed by atoms with van der Waals surface area (Å²) in [6.07, 6.45) is 5.56. The molecule has 0 spiro atoms. The number of benzene rings is 2. The molecule has 53 heavy (non-hydrogen) atoms.